The molecule has 3 aromatic rings. The van der Waals surface area contributed by atoms with Crippen molar-refractivity contribution in [2.75, 3.05) is 0 Å². The number of nitrogens with zero attached hydrogens (tertiary/aromatic N) is 5. The third-order valence-corrected chi connectivity index (χ3v) is 4.32. The number of carbonyl (C=O) groups is 1. The van der Waals surface area contributed by atoms with E-state index in [0.29, 0.717) is 37.1 Å². The van der Waals surface area contributed by atoms with Gasteiger partial charge in [0.05, 0.1) is 0 Å². The molecule has 3 heterocycles. The number of pyridine rings is 2. The highest BCUT2D eigenvalue weighted by molar-refractivity contribution is 5.77. The zero-order valence-corrected chi connectivity index (χ0v) is 14.3. The highest BCUT2D eigenvalue weighted by Crippen LogP contribution is 2.29. The van der Waals surface area contributed by atoms with E-state index in [1.165, 1.54) is 0 Å². The fourth-order valence-electron chi connectivity index (χ4n) is 2.82. The van der Waals surface area contributed by atoms with E-state index in [0.717, 1.165) is 24.0 Å². The van der Waals surface area contributed by atoms with Crippen molar-refractivity contribution >= 4 is 5.91 Å². The summed E-state index contributed by atoms with van der Waals surface area (Å²) < 4.78 is 5.27. The Balaban J connectivity index is 1.37. The standard InChI is InChI=1S/C19H19N5O2/c25-18(24(16-5-6-16)13-14-3-1-9-20-11-14)8-7-17-22-19(23-26-17)15-4-2-10-21-12-15/h1-4,9-12,16H,5-8,13H2. The summed E-state index contributed by atoms with van der Waals surface area (Å²) in [6, 6.07) is 7.92. The second-order valence-electron chi connectivity index (χ2n) is 6.37. The molecule has 0 bridgehead atoms. The molecule has 0 atom stereocenters. The molecule has 1 saturated carbocycles. The largest absolute Gasteiger partial charge is 0.339 e. The van der Waals surface area contributed by atoms with Gasteiger partial charge < -0.3 is 9.42 Å². The third-order valence-electron chi connectivity index (χ3n) is 4.32. The van der Waals surface area contributed by atoms with Gasteiger partial charge in [0.15, 0.2) is 0 Å². The van der Waals surface area contributed by atoms with E-state index in [4.69, 9.17) is 4.52 Å². The molecule has 132 valence electrons. The van der Waals surface area contributed by atoms with Crippen LogP contribution >= 0.6 is 0 Å². The van der Waals surface area contributed by atoms with Gasteiger partial charge >= 0.3 is 0 Å². The minimum atomic E-state index is 0.109. The van der Waals surface area contributed by atoms with Crippen LogP contribution in [-0.4, -0.2) is 37.0 Å². The summed E-state index contributed by atoms with van der Waals surface area (Å²) in [6.07, 6.45) is 9.84. The van der Waals surface area contributed by atoms with Gasteiger partial charge in [-0.25, -0.2) is 0 Å². The lowest BCUT2D eigenvalue weighted by molar-refractivity contribution is -0.132. The van der Waals surface area contributed by atoms with Gasteiger partial charge in [-0.1, -0.05) is 11.2 Å². The molecule has 0 aliphatic heterocycles. The molecule has 3 aromatic heterocycles. The average molecular weight is 349 g/mol. The minimum Gasteiger partial charge on any atom is -0.339 e. The molecule has 4 rings (SSSR count). The summed E-state index contributed by atoms with van der Waals surface area (Å²) in [6.45, 7) is 0.599. The van der Waals surface area contributed by atoms with Gasteiger partial charge in [0.25, 0.3) is 0 Å². The van der Waals surface area contributed by atoms with E-state index in [1.807, 2.05) is 29.2 Å². The molecule has 7 heteroatoms. The molecule has 1 aliphatic rings. The van der Waals surface area contributed by atoms with E-state index in [-0.39, 0.29) is 5.91 Å². The number of carbonyl (C=O) groups excluding carboxylic acids is 1. The molecular formula is C19H19N5O2. The van der Waals surface area contributed by atoms with Gasteiger partial charge in [-0.2, -0.15) is 4.98 Å². The van der Waals surface area contributed by atoms with Gasteiger partial charge in [-0.15, -0.1) is 0 Å². The smallest absolute Gasteiger partial charge is 0.227 e. The number of aryl methyl sites for hydroxylation is 1. The normalized spacial score (nSPS) is 13.5. The van der Waals surface area contributed by atoms with Gasteiger partial charge in [-0.05, 0) is 36.6 Å². The van der Waals surface area contributed by atoms with Gasteiger partial charge in [-0.3, -0.25) is 14.8 Å². The number of aromatic nitrogens is 4. The van der Waals surface area contributed by atoms with E-state index < -0.39 is 0 Å². The monoisotopic (exact) mass is 349 g/mol. The SMILES string of the molecule is O=C(CCc1nc(-c2cccnc2)no1)N(Cc1cccnc1)C1CC1. The Morgan fingerprint density at radius 1 is 1.15 bits per heavy atom. The van der Waals surface area contributed by atoms with Crippen molar-refractivity contribution in [3.05, 3.63) is 60.5 Å². The van der Waals surface area contributed by atoms with Crippen molar-refractivity contribution < 1.29 is 9.32 Å². The molecule has 0 saturated heterocycles. The zero-order chi connectivity index (χ0) is 17.8. The summed E-state index contributed by atoms with van der Waals surface area (Å²) >= 11 is 0. The fourth-order valence-corrected chi connectivity index (χ4v) is 2.82. The average Bonchev–Trinajstić information content (AvgIpc) is 3.42. The van der Waals surface area contributed by atoms with Crippen LogP contribution in [-0.2, 0) is 17.8 Å². The molecule has 1 aliphatic carbocycles. The first-order valence-electron chi connectivity index (χ1n) is 8.71. The van der Waals surface area contributed by atoms with Crippen LogP contribution in [0.15, 0.2) is 53.6 Å². The lowest BCUT2D eigenvalue weighted by Gasteiger charge is -2.22. The van der Waals surface area contributed by atoms with Crippen molar-refractivity contribution in [2.24, 2.45) is 0 Å². The number of hydrogen-bond donors (Lipinski definition) is 0. The molecule has 7 nitrogen and oxygen atoms in total. The Morgan fingerprint density at radius 3 is 2.65 bits per heavy atom. The van der Waals surface area contributed by atoms with Crippen LogP contribution < -0.4 is 0 Å². The van der Waals surface area contributed by atoms with Crippen LogP contribution in [0.3, 0.4) is 0 Å². The summed E-state index contributed by atoms with van der Waals surface area (Å²) in [5.74, 6) is 1.07. The van der Waals surface area contributed by atoms with Crippen LogP contribution in [0.2, 0.25) is 0 Å². The Morgan fingerprint density at radius 2 is 1.96 bits per heavy atom. The summed E-state index contributed by atoms with van der Waals surface area (Å²) in [5.41, 5.74) is 1.84. The molecule has 1 fully saturated rings. The lowest BCUT2D eigenvalue weighted by atomic mass is 10.2. The Labute approximate surface area is 151 Å². The summed E-state index contributed by atoms with van der Waals surface area (Å²) in [5, 5.41) is 3.97. The van der Waals surface area contributed by atoms with Crippen LogP contribution in [0.4, 0.5) is 0 Å². The topological polar surface area (TPSA) is 85.0 Å². The molecule has 0 N–H and O–H groups in total. The molecule has 26 heavy (non-hydrogen) atoms. The zero-order valence-electron chi connectivity index (χ0n) is 14.3. The van der Waals surface area contributed by atoms with E-state index >= 15 is 0 Å². The molecule has 0 unspecified atom stereocenters. The van der Waals surface area contributed by atoms with Crippen molar-refractivity contribution in [1.82, 2.24) is 25.0 Å². The maximum absolute atomic E-state index is 12.7. The Bertz CT molecular complexity index is 862. The predicted octanol–water partition coefficient (Wildman–Crippen LogP) is 2.65. The Kier molecular flexibility index (Phi) is 4.68. The van der Waals surface area contributed by atoms with E-state index in [9.17, 15) is 4.79 Å². The maximum atomic E-state index is 12.7. The second kappa shape index (κ2) is 7.43. The number of amides is 1. The second-order valence-corrected chi connectivity index (χ2v) is 6.37. The molecule has 0 radical (unpaired) electrons. The first-order chi connectivity index (χ1) is 12.8. The van der Waals surface area contributed by atoms with Crippen LogP contribution in [0.25, 0.3) is 11.4 Å². The third kappa shape index (κ3) is 3.93. The van der Waals surface area contributed by atoms with Crippen molar-refractivity contribution in [3.8, 4) is 11.4 Å². The van der Waals surface area contributed by atoms with E-state index in [1.54, 1.807) is 24.8 Å². The molecule has 1 amide bonds. The predicted molar refractivity (Wildman–Crippen MR) is 93.7 cm³/mol. The first kappa shape index (κ1) is 16.4. The van der Waals surface area contributed by atoms with Crippen LogP contribution in [0, 0.1) is 0 Å². The van der Waals surface area contributed by atoms with Crippen LogP contribution in [0.1, 0.15) is 30.7 Å². The molecular weight excluding hydrogens is 330 g/mol. The van der Waals surface area contributed by atoms with Crippen LogP contribution in [0.5, 0.6) is 0 Å². The van der Waals surface area contributed by atoms with Crippen molar-refractivity contribution in [2.45, 2.75) is 38.3 Å². The fraction of sp³-hybridized carbons (Fsp3) is 0.316. The molecule has 0 aromatic carbocycles. The van der Waals surface area contributed by atoms with Gasteiger partial charge in [0.2, 0.25) is 17.6 Å². The van der Waals surface area contributed by atoms with Crippen molar-refractivity contribution in [1.29, 1.82) is 0 Å². The summed E-state index contributed by atoms with van der Waals surface area (Å²) in [4.78, 5) is 27.2. The lowest BCUT2D eigenvalue weighted by Crippen LogP contribution is -2.32. The van der Waals surface area contributed by atoms with Crippen molar-refractivity contribution in [3.63, 3.8) is 0 Å². The first-order valence-corrected chi connectivity index (χ1v) is 8.71. The minimum absolute atomic E-state index is 0.109. The Hall–Kier alpha value is -3.09. The summed E-state index contributed by atoms with van der Waals surface area (Å²) in [7, 11) is 0. The maximum Gasteiger partial charge on any atom is 0.227 e. The number of hydrogen-bond acceptors (Lipinski definition) is 6. The quantitative estimate of drug-likeness (QED) is 0.652. The number of rotatable bonds is 7. The highest BCUT2D eigenvalue weighted by atomic mass is 16.5. The highest BCUT2D eigenvalue weighted by Gasteiger charge is 2.32. The van der Waals surface area contributed by atoms with E-state index in [2.05, 4.69) is 20.1 Å². The van der Waals surface area contributed by atoms with Gasteiger partial charge in [0.1, 0.15) is 0 Å². The van der Waals surface area contributed by atoms with Gasteiger partial charge in [0, 0.05) is 55.8 Å². The molecule has 0 spiro atoms.